The van der Waals surface area contributed by atoms with E-state index in [-0.39, 0.29) is 24.2 Å². The summed E-state index contributed by atoms with van der Waals surface area (Å²) in [6, 6.07) is 1.82. The van der Waals surface area contributed by atoms with Crippen LogP contribution in [-0.4, -0.2) is 27.0 Å². The van der Waals surface area contributed by atoms with Gasteiger partial charge in [-0.05, 0) is 17.7 Å². The summed E-state index contributed by atoms with van der Waals surface area (Å²) in [7, 11) is 0. The van der Waals surface area contributed by atoms with Crippen LogP contribution >= 0.6 is 0 Å². The van der Waals surface area contributed by atoms with E-state index >= 15 is 0 Å². The lowest BCUT2D eigenvalue weighted by atomic mass is 9.97. The molecule has 102 valence electrons. The van der Waals surface area contributed by atoms with Crippen molar-refractivity contribution in [3.8, 4) is 0 Å². The zero-order valence-corrected chi connectivity index (χ0v) is 10.2. The highest BCUT2D eigenvalue weighted by Crippen LogP contribution is 2.22. The van der Waals surface area contributed by atoms with E-state index in [9.17, 15) is 17.5 Å². The van der Waals surface area contributed by atoms with Crippen molar-refractivity contribution in [3.63, 3.8) is 0 Å². The predicted molar refractivity (Wildman–Crippen MR) is 61.0 cm³/mol. The Morgan fingerprint density at radius 2 is 2.11 bits per heavy atom. The van der Waals surface area contributed by atoms with Crippen molar-refractivity contribution in [2.45, 2.75) is 12.5 Å². The van der Waals surface area contributed by atoms with Crippen LogP contribution in [0.2, 0.25) is 0 Å². The summed E-state index contributed by atoms with van der Waals surface area (Å²) in [6.07, 6.45) is 0. The molecule has 0 aromatic heterocycles. The van der Waals surface area contributed by atoms with E-state index < -0.39 is 35.4 Å². The van der Waals surface area contributed by atoms with Gasteiger partial charge in [0.2, 0.25) is 0 Å². The Bertz CT molecular complexity index is 441. The van der Waals surface area contributed by atoms with Gasteiger partial charge >= 0.3 is 0 Å². The molecule has 0 bridgehead atoms. The number of hydrogen-bond donors (Lipinski definition) is 3. The summed E-state index contributed by atoms with van der Waals surface area (Å²) in [6.45, 7) is -0.754. The predicted octanol–water partition coefficient (Wildman–Crippen LogP) is -0.117. The lowest BCUT2D eigenvalue weighted by molar-refractivity contribution is 0.265. The van der Waals surface area contributed by atoms with Crippen LogP contribution in [-0.2, 0) is 17.8 Å². The SMILES string of the molecule is NCC(CO)c1cc(F)c(CNS(=O)[O-])cc1F. The first-order valence-corrected chi connectivity index (χ1v) is 6.18. The van der Waals surface area contributed by atoms with Gasteiger partial charge in [0.05, 0.1) is 6.61 Å². The van der Waals surface area contributed by atoms with Crippen molar-refractivity contribution in [1.82, 2.24) is 4.72 Å². The molecule has 2 unspecified atom stereocenters. The van der Waals surface area contributed by atoms with Crippen LogP contribution < -0.4 is 10.5 Å². The molecule has 0 saturated heterocycles. The zero-order valence-electron chi connectivity index (χ0n) is 9.36. The van der Waals surface area contributed by atoms with Gasteiger partial charge in [-0.3, -0.25) is 4.21 Å². The molecule has 0 aliphatic heterocycles. The number of nitrogens with one attached hydrogen (secondary N) is 1. The minimum Gasteiger partial charge on any atom is -0.760 e. The molecule has 18 heavy (non-hydrogen) atoms. The summed E-state index contributed by atoms with van der Waals surface area (Å²) < 4.78 is 49.7. The average molecular weight is 279 g/mol. The minimum absolute atomic E-state index is 0.0188. The first kappa shape index (κ1) is 15.1. The molecule has 0 radical (unpaired) electrons. The largest absolute Gasteiger partial charge is 0.760 e. The van der Waals surface area contributed by atoms with Gasteiger partial charge in [0.1, 0.15) is 11.6 Å². The van der Waals surface area contributed by atoms with Crippen LogP contribution in [0.3, 0.4) is 0 Å². The van der Waals surface area contributed by atoms with Gasteiger partial charge in [0.25, 0.3) is 0 Å². The number of benzene rings is 1. The second kappa shape index (κ2) is 6.86. The van der Waals surface area contributed by atoms with Gasteiger partial charge in [-0.1, -0.05) is 0 Å². The maximum atomic E-state index is 13.7. The Kier molecular flexibility index (Phi) is 5.76. The lowest BCUT2D eigenvalue weighted by Crippen LogP contribution is -2.20. The summed E-state index contributed by atoms with van der Waals surface area (Å²) in [5.41, 5.74) is 5.19. The number of aliphatic hydroxyl groups excluding tert-OH is 1. The Morgan fingerprint density at radius 1 is 1.44 bits per heavy atom. The van der Waals surface area contributed by atoms with Crippen LogP contribution in [0.5, 0.6) is 0 Å². The third-order valence-electron chi connectivity index (χ3n) is 2.49. The molecular formula is C10H13F2N2O3S-. The van der Waals surface area contributed by atoms with E-state index in [1.165, 1.54) is 0 Å². The van der Waals surface area contributed by atoms with E-state index in [4.69, 9.17) is 10.8 Å². The quantitative estimate of drug-likeness (QED) is 0.632. The van der Waals surface area contributed by atoms with Crippen molar-refractivity contribution in [3.05, 3.63) is 34.9 Å². The van der Waals surface area contributed by atoms with E-state index in [1.807, 2.05) is 4.72 Å². The third-order valence-corrected chi connectivity index (χ3v) is 2.87. The number of hydrogen-bond acceptors (Lipinski definition) is 4. The molecular weight excluding hydrogens is 266 g/mol. The van der Waals surface area contributed by atoms with Crippen molar-refractivity contribution in [2.24, 2.45) is 5.73 Å². The third kappa shape index (κ3) is 3.79. The smallest absolute Gasteiger partial charge is 0.128 e. The summed E-state index contributed by atoms with van der Waals surface area (Å²) in [5.74, 6) is -2.17. The first-order chi connectivity index (χ1) is 8.49. The lowest BCUT2D eigenvalue weighted by Gasteiger charge is -2.15. The summed E-state index contributed by atoms with van der Waals surface area (Å²) >= 11 is -2.55. The van der Waals surface area contributed by atoms with Crippen LogP contribution in [0.1, 0.15) is 17.0 Å². The number of rotatable bonds is 6. The number of halogens is 2. The molecule has 0 amide bonds. The van der Waals surface area contributed by atoms with Crippen LogP contribution in [0, 0.1) is 11.6 Å². The normalized spacial score (nSPS) is 14.5. The molecule has 0 aliphatic carbocycles. The second-order valence-electron chi connectivity index (χ2n) is 3.64. The highest BCUT2D eigenvalue weighted by atomic mass is 32.2. The standard InChI is InChI=1S/C10H14F2N2O3S/c11-9-2-8(7(3-13)5-15)10(12)1-6(9)4-14-18(16)17/h1-2,7,14-15H,3-5,13H2,(H,16,17)/p-1. The maximum Gasteiger partial charge on any atom is 0.128 e. The molecule has 0 heterocycles. The van der Waals surface area contributed by atoms with E-state index in [1.54, 1.807) is 0 Å². The van der Waals surface area contributed by atoms with Crippen molar-refractivity contribution in [1.29, 1.82) is 0 Å². The van der Waals surface area contributed by atoms with Crippen molar-refractivity contribution >= 4 is 11.3 Å². The molecule has 1 aromatic rings. The molecule has 0 saturated carbocycles. The first-order valence-electron chi connectivity index (χ1n) is 5.11. The van der Waals surface area contributed by atoms with Crippen molar-refractivity contribution < 1.29 is 22.6 Å². The monoisotopic (exact) mass is 279 g/mol. The fourth-order valence-electron chi connectivity index (χ4n) is 1.49. The van der Waals surface area contributed by atoms with Gasteiger partial charge in [-0.25, -0.2) is 13.5 Å². The molecule has 8 heteroatoms. The summed E-state index contributed by atoms with van der Waals surface area (Å²) in [4.78, 5) is 0. The molecule has 0 fully saturated rings. The van der Waals surface area contributed by atoms with Gasteiger partial charge in [0, 0.05) is 35.8 Å². The van der Waals surface area contributed by atoms with Crippen LogP contribution in [0.25, 0.3) is 0 Å². The highest BCUT2D eigenvalue weighted by Gasteiger charge is 2.16. The molecule has 4 N–H and O–H groups in total. The maximum absolute atomic E-state index is 13.7. The minimum atomic E-state index is -2.55. The van der Waals surface area contributed by atoms with Crippen LogP contribution in [0.4, 0.5) is 8.78 Å². The zero-order chi connectivity index (χ0) is 13.7. The molecule has 0 spiro atoms. The van der Waals surface area contributed by atoms with E-state index in [0.29, 0.717) is 0 Å². The van der Waals surface area contributed by atoms with Crippen LogP contribution in [0.15, 0.2) is 12.1 Å². The van der Waals surface area contributed by atoms with Gasteiger partial charge < -0.3 is 15.4 Å². The van der Waals surface area contributed by atoms with Gasteiger partial charge in [-0.2, -0.15) is 0 Å². The second-order valence-corrected chi connectivity index (χ2v) is 4.39. The van der Waals surface area contributed by atoms with E-state index in [2.05, 4.69) is 0 Å². The molecule has 2 atom stereocenters. The summed E-state index contributed by atoms with van der Waals surface area (Å²) in [5, 5.41) is 8.98. The number of nitrogens with two attached hydrogens (primary N) is 1. The Balaban J connectivity index is 2.99. The van der Waals surface area contributed by atoms with E-state index in [0.717, 1.165) is 12.1 Å². The van der Waals surface area contributed by atoms with Gasteiger partial charge in [0.15, 0.2) is 0 Å². The highest BCUT2D eigenvalue weighted by molar-refractivity contribution is 7.77. The fraction of sp³-hybridized carbons (Fsp3) is 0.400. The Morgan fingerprint density at radius 3 is 2.61 bits per heavy atom. The number of aliphatic hydroxyl groups is 1. The molecule has 1 aromatic carbocycles. The molecule has 1 rings (SSSR count). The Hall–Kier alpha value is -0.930. The molecule has 5 nitrogen and oxygen atoms in total. The molecule has 0 aliphatic rings. The topological polar surface area (TPSA) is 98.4 Å². The fourth-order valence-corrected chi connectivity index (χ4v) is 1.76. The van der Waals surface area contributed by atoms with Crippen molar-refractivity contribution in [2.75, 3.05) is 13.2 Å². The Labute approximate surface area is 105 Å². The average Bonchev–Trinajstić information content (AvgIpc) is 2.32. The van der Waals surface area contributed by atoms with Gasteiger partial charge in [-0.15, -0.1) is 0 Å².